The van der Waals surface area contributed by atoms with Crippen molar-refractivity contribution in [3.8, 4) is 0 Å². The van der Waals surface area contributed by atoms with E-state index in [0.29, 0.717) is 38.4 Å². The topological polar surface area (TPSA) is 96.5 Å². The standard InChI is InChI=1S/C19H24N6O3.ClH/c1-22-13-14(10-21-22)15-11-20-12-16(15)19(26)24-8-6-23(7-9-24)17-4-2-3-5-18(17)25(27)28;/h2-5,10,13,15-16,20H,6-9,11-12H2,1H3;1H/t15-,16+;/m1./s1. The molecule has 1 aromatic heterocycles. The molecule has 0 aliphatic carbocycles. The number of carbonyl (C=O) groups is 1. The molecule has 156 valence electrons. The number of nitrogens with zero attached hydrogens (tertiary/aromatic N) is 5. The molecule has 3 heterocycles. The first-order valence-electron chi connectivity index (χ1n) is 9.51. The number of piperazine rings is 1. The lowest BCUT2D eigenvalue weighted by molar-refractivity contribution is -0.384. The summed E-state index contributed by atoms with van der Waals surface area (Å²) >= 11 is 0. The van der Waals surface area contributed by atoms with Gasteiger partial charge in [0.15, 0.2) is 0 Å². The molecule has 2 atom stereocenters. The van der Waals surface area contributed by atoms with E-state index in [-0.39, 0.29) is 40.8 Å². The van der Waals surface area contributed by atoms with E-state index in [1.54, 1.807) is 16.8 Å². The van der Waals surface area contributed by atoms with Gasteiger partial charge in [-0.05, 0) is 11.6 Å². The predicted molar refractivity (Wildman–Crippen MR) is 111 cm³/mol. The van der Waals surface area contributed by atoms with Gasteiger partial charge in [-0.15, -0.1) is 12.4 Å². The van der Waals surface area contributed by atoms with E-state index in [2.05, 4.69) is 10.4 Å². The summed E-state index contributed by atoms with van der Waals surface area (Å²) in [6, 6.07) is 6.78. The number of amides is 1. The summed E-state index contributed by atoms with van der Waals surface area (Å²) in [4.78, 5) is 28.0. The highest BCUT2D eigenvalue weighted by atomic mass is 35.5. The average Bonchev–Trinajstić information content (AvgIpc) is 3.36. The first-order valence-corrected chi connectivity index (χ1v) is 9.51. The van der Waals surface area contributed by atoms with Crippen LogP contribution in [0, 0.1) is 16.0 Å². The fraction of sp³-hybridized carbons (Fsp3) is 0.474. The van der Waals surface area contributed by atoms with Crippen molar-refractivity contribution in [1.29, 1.82) is 0 Å². The zero-order chi connectivity index (χ0) is 19.7. The molecule has 0 radical (unpaired) electrons. The first-order chi connectivity index (χ1) is 13.5. The lowest BCUT2D eigenvalue weighted by atomic mass is 9.89. The van der Waals surface area contributed by atoms with Crippen molar-refractivity contribution in [3.05, 3.63) is 52.3 Å². The van der Waals surface area contributed by atoms with Crippen molar-refractivity contribution in [2.75, 3.05) is 44.2 Å². The van der Waals surface area contributed by atoms with E-state index in [9.17, 15) is 14.9 Å². The van der Waals surface area contributed by atoms with Gasteiger partial charge < -0.3 is 15.1 Å². The number of halogens is 1. The van der Waals surface area contributed by atoms with Crippen LogP contribution in [0.2, 0.25) is 0 Å². The quantitative estimate of drug-likeness (QED) is 0.593. The van der Waals surface area contributed by atoms with Crippen LogP contribution in [0.25, 0.3) is 0 Å². The summed E-state index contributed by atoms with van der Waals surface area (Å²) in [6.07, 6.45) is 3.81. The van der Waals surface area contributed by atoms with Gasteiger partial charge in [0.1, 0.15) is 5.69 Å². The van der Waals surface area contributed by atoms with Gasteiger partial charge in [-0.25, -0.2) is 0 Å². The van der Waals surface area contributed by atoms with Gasteiger partial charge >= 0.3 is 0 Å². The fourth-order valence-corrected chi connectivity index (χ4v) is 4.21. The number of hydrogen-bond donors (Lipinski definition) is 1. The maximum absolute atomic E-state index is 13.1. The molecule has 9 nitrogen and oxygen atoms in total. The van der Waals surface area contributed by atoms with E-state index in [0.717, 1.165) is 12.1 Å². The second kappa shape index (κ2) is 8.79. The Kier molecular flexibility index (Phi) is 6.39. The van der Waals surface area contributed by atoms with Crippen LogP contribution in [0.1, 0.15) is 11.5 Å². The molecular weight excluding hydrogens is 396 g/mol. The zero-order valence-corrected chi connectivity index (χ0v) is 17.0. The lowest BCUT2D eigenvalue weighted by Crippen LogP contribution is -2.51. The van der Waals surface area contributed by atoms with Crippen LogP contribution >= 0.6 is 12.4 Å². The van der Waals surface area contributed by atoms with Gasteiger partial charge in [-0.2, -0.15) is 5.10 Å². The smallest absolute Gasteiger partial charge is 0.292 e. The van der Waals surface area contributed by atoms with E-state index >= 15 is 0 Å². The minimum absolute atomic E-state index is 0. The second-order valence-corrected chi connectivity index (χ2v) is 7.38. The molecule has 2 aromatic rings. The number of aromatic nitrogens is 2. The summed E-state index contributed by atoms with van der Waals surface area (Å²) in [5.74, 6) is 0.192. The fourth-order valence-electron chi connectivity index (χ4n) is 4.21. The van der Waals surface area contributed by atoms with Crippen molar-refractivity contribution in [3.63, 3.8) is 0 Å². The van der Waals surface area contributed by atoms with Crippen LogP contribution in [0.5, 0.6) is 0 Å². The van der Waals surface area contributed by atoms with E-state index in [1.165, 1.54) is 6.07 Å². The Hall–Kier alpha value is -2.65. The molecule has 2 fully saturated rings. The average molecular weight is 421 g/mol. The number of rotatable bonds is 4. The minimum Gasteiger partial charge on any atom is -0.362 e. The Morgan fingerprint density at radius 1 is 1.21 bits per heavy atom. The summed E-state index contributed by atoms with van der Waals surface area (Å²) in [6.45, 7) is 3.77. The number of nitro benzene ring substituents is 1. The first kappa shape index (κ1) is 21.1. The molecule has 2 saturated heterocycles. The molecule has 0 spiro atoms. The Balaban J connectivity index is 0.00000240. The number of benzene rings is 1. The molecule has 2 aliphatic rings. The highest BCUT2D eigenvalue weighted by Crippen LogP contribution is 2.31. The molecule has 0 bridgehead atoms. The predicted octanol–water partition coefficient (Wildman–Crippen LogP) is 1.40. The molecule has 4 rings (SSSR count). The van der Waals surface area contributed by atoms with E-state index in [1.807, 2.05) is 35.3 Å². The molecule has 0 saturated carbocycles. The third-order valence-electron chi connectivity index (χ3n) is 5.69. The van der Waals surface area contributed by atoms with E-state index in [4.69, 9.17) is 0 Å². The second-order valence-electron chi connectivity index (χ2n) is 7.38. The number of nitro groups is 1. The van der Waals surface area contributed by atoms with Gasteiger partial charge in [0.2, 0.25) is 5.91 Å². The summed E-state index contributed by atoms with van der Waals surface area (Å²) in [5.41, 5.74) is 1.82. The van der Waals surface area contributed by atoms with Crippen molar-refractivity contribution in [2.45, 2.75) is 5.92 Å². The van der Waals surface area contributed by atoms with Crippen LogP contribution in [0.4, 0.5) is 11.4 Å². The van der Waals surface area contributed by atoms with Gasteiger partial charge in [0.25, 0.3) is 5.69 Å². The summed E-state index contributed by atoms with van der Waals surface area (Å²) in [5, 5.41) is 18.9. The highest BCUT2D eigenvalue weighted by molar-refractivity contribution is 5.85. The van der Waals surface area contributed by atoms with Crippen LogP contribution in [0.15, 0.2) is 36.7 Å². The molecule has 1 aromatic carbocycles. The van der Waals surface area contributed by atoms with Crippen molar-refractivity contribution < 1.29 is 9.72 Å². The van der Waals surface area contributed by atoms with Crippen LogP contribution in [0.3, 0.4) is 0 Å². The maximum atomic E-state index is 13.1. The summed E-state index contributed by atoms with van der Waals surface area (Å²) < 4.78 is 1.76. The van der Waals surface area contributed by atoms with Crippen molar-refractivity contribution >= 4 is 29.7 Å². The number of nitrogens with one attached hydrogen (secondary N) is 1. The number of aryl methyl sites for hydroxylation is 1. The molecule has 2 aliphatic heterocycles. The Morgan fingerprint density at radius 3 is 2.59 bits per heavy atom. The summed E-state index contributed by atoms with van der Waals surface area (Å²) in [7, 11) is 1.88. The molecule has 10 heteroatoms. The lowest BCUT2D eigenvalue weighted by Gasteiger charge is -2.37. The SMILES string of the molecule is Cl.Cn1cc([C@H]2CNC[C@@H]2C(=O)N2CCN(c3ccccc3[N+](=O)[O-])CC2)cn1. The Bertz CT molecular complexity index is 880. The zero-order valence-electron chi connectivity index (χ0n) is 16.2. The normalized spacial score (nSPS) is 21.7. The van der Waals surface area contributed by atoms with Crippen molar-refractivity contribution in [2.24, 2.45) is 13.0 Å². The third kappa shape index (κ3) is 4.20. The van der Waals surface area contributed by atoms with Crippen LogP contribution in [-0.4, -0.2) is 64.8 Å². The minimum atomic E-state index is -0.352. The molecule has 0 unspecified atom stereocenters. The largest absolute Gasteiger partial charge is 0.362 e. The molecule has 29 heavy (non-hydrogen) atoms. The Morgan fingerprint density at radius 2 is 1.93 bits per heavy atom. The highest BCUT2D eigenvalue weighted by Gasteiger charge is 2.38. The number of carbonyl (C=O) groups excluding carboxylic acids is 1. The van der Waals surface area contributed by atoms with E-state index < -0.39 is 0 Å². The van der Waals surface area contributed by atoms with Gasteiger partial charge in [0.05, 0.1) is 17.0 Å². The van der Waals surface area contributed by atoms with Gasteiger partial charge in [0, 0.05) is 64.5 Å². The third-order valence-corrected chi connectivity index (χ3v) is 5.69. The van der Waals surface area contributed by atoms with Gasteiger partial charge in [-0.3, -0.25) is 19.6 Å². The molecule has 1 N–H and O–H groups in total. The van der Waals surface area contributed by atoms with Crippen LogP contribution in [-0.2, 0) is 11.8 Å². The van der Waals surface area contributed by atoms with Gasteiger partial charge in [-0.1, -0.05) is 12.1 Å². The monoisotopic (exact) mass is 420 g/mol. The number of para-hydroxylation sites is 2. The molecular formula is C19H25ClN6O3. The van der Waals surface area contributed by atoms with Crippen molar-refractivity contribution in [1.82, 2.24) is 20.0 Å². The van der Waals surface area contributed by atoms with Crippen LogP contribution < -0.4 is 10.2 Å². The maximum Gasteiger partial charge on any atom is 0.292 e. The number of hydrogen-bond acceptors (Lipinski definition) is 6. The Labute approximate surface area is 175 Å². The molecule has 1 amide bonds. The number of anilines is 1.